The minimum atomic E-state index is -4.62. The molecule has 0 aliphatic carbocycles. The molecule has 30 heavy (non-hydrogen) atoms. The largest absolute Gasteiger partial charge is 0.417 e. The number of hydrogen-bond donors (Lipinski definition) is 1. The van der Waals surface area contributed by atoms with Gasteiger partial charge in [-0.2, -0.15) is 13.2 Å². The highest BCUT2D eigenvalue weighted by Crippen LogP contribution is 2.42. The van der Waals surface area contributed by atoms with Crippen LogP contribution in [0.25, 0.3) is 22.3 Å². The summed E-state index contributed by atoms with van der Waals surface area (Å²) in [6.07, 6.45) is -4.62. The number of alkyl halides is 3. The van der Waals surface area contributed by atoms with Crippen molar-refractivity contribution in [3.8, 4) is 22.3 Å². The second kappa shape index (κ2) is 7.61. The van der Waals surface area contributed by atoms with Gasteiger partial charge < -0.3 is 10.5 Å². The van der Waals surface area contributed by atoms with Crippen LogP contribution in [0, 0.1) is 6.92 Å². The van der Waals surface area contributed by atoms with Gasteiger partial charge in [-0.3, -0.25) is 4.79 Å². The van der Waals surface area contributed by atoms with Gasteiger partial charge in [0.25, 0.3) is 0 Å². The molecular weight excluding hydrogens is 391 g/mol. The van der Waals surface area contributed by atoms with E-state index in [2.05, 4.69) is 0 Å². The van der Waals surface area contributed by atoms with Crippen LogP contribution in [0.3, 0.4) is 0 Å². The van der Waals surface area contributed by atoms with E-state index in [1.54, 1.807) is 18.2 Å². The highest BCUT2D eigenvalue weighted by atomic mass is 19.4. The molecule has 0 aromatic heterocycles. The third kappa shape index (κ3) is 3.71. The summed E-state index contributed by atoms with van der Waals surface area (Å²) < 4.78 is 46.9. The standard InChI is InChI=1S/C24H20F3NO2/c1-14-8-9-20(23(28)29)21(22(14)24(25,26)27)18-7-3-5-16(11-18)15-4-2-6-17(10-15)19-12-30-13-19/h2-11,19H,12-13H2,1H3,(H2,28,29). The van der Waals surface area contributed by atoms with E-state index >= 15 is 0 Å². The lowest BCUT2D eigenvalue weighted by molar-refractivity contribution is -0.137. The van der Waals surface area contributed by atoms with Gasteiger partial charge in [-0.05, 0) is 46.9 Å². The summed E-state index contributed by atoms with van der Waals surface area (Å²) in [4.78, 5) is 11.9. The molecule has 1 saturated heterocycles. The van der Waals surface area contributed by atoms with Gasteiger partial charge in [0.05, 0.1) is 18.8 Å². The van der Waals surface area contributed by atoms with Crippen LogP contribution in [0.4, 0.5) is 13.2 Å². The second-order valence-corrected chi connectivity index (χ2v) is 7.48. The molecule has 4 rings (SSSR count). The monoisotopic (exact) mass is 411 g/mol. The summed E-state index contributed by atoms with van der Waals surface area (Å²) >= 11 is 0. The SMILES string of the molecule is Cc1ccc(C(N)=O)c(-c2cccc(-c3cccc(C4COC4)c3)c2)c1C(F)(F)F. The van der Waals surface area contributed by atoms with E-state index in [0.29, 0.717) is 24.7 Å². The van der Waals surface area contributed by atoms with E-state index in [1.807, 2.05) is 30.3 Å². The lowest BCUT2D eigenvalue weighted by Gasteiger charge is -2.26. The van der Waals surface area contributed by atoms with Crippen LogP contribution in [0.2, 0.25) is 0 Å². The van der Waals surface area contributed by atoms with Gasteiger partial charge in [-0.25, -0.2) is 0 Å². The lowest BCUT2D eigenvalue weighted by Crippen LogP contribution is -2.24. The Balaban J connectivity index is 1.87. The van der Waals surface area contributed by atoms with Gasteiger partial charge in [-0.15, -0.1) is 0 Å². The van der Waals surface area contributed by atoms with Crippen molar-refractivity contribution in [3.05, 3.63) is 82.9 Å². The van der Waals surface area contributed by atoms with Gasteiger partial charge in [0.15, 0.2) is 0 Å². The number of amides is 1. The predicted molar refractivity (Wildman–Crippen MR) is 109 cm³/mol. The molecule has 1 aliphatic rings. The van der Waals surface area contributed by atoms with Gasteiger partial charge in [0, 0.05) is 17.0 Å². The zero-order valence-electron chi connectivity index (χ0n) is 16.3. The van der Waals surface area contributed by atoms with Crippen LogP contribution < -0.4 is 5.73 Å². The Morgan fingerprint density at radius 1 is 0.967 bits per heavy atom. The van der Waals surface area contributed by atoms with Crippen molar-refractivity contribution >= 4 is 5.91 Å². The summed E-state index contributed by atoms with van der Waals surface area (Å²) in [6.45, 7) is 2.72. The van der Waals surface area contributed by atoms with Crippen LogP contribution in [0.15, 0.2) is 60.7 Å². The summed E-state index contributed by atoms with van der Waals surface area (Å²) in [5.41, 5.74) is 7.39. The van der Waals surface area contributed by atoms with Crippen LogP contribution in [-0.4, -0.2) is 19.1 Å². The first-order valence-corrected chi connectivity index (χ1v) is 9.55. The van der Waals surface area contributed by atoms with Crippen molar-refractivity contribution in [2.45, 2.75) is 19.0 Å². The maximum atomic E-state index is 13.9. The molecule has 2 N–H and O–H groups in total. The van der Waals surface area contributed by atoms with E-state index in [9.17, 15) is 18.0 Å². The van der Waals surface area contributed by atoms with Crippen molar-refractivity contribution in [1.29, 1.82) is 0 Å². The van der Waals surface area contributed by atoms with E-state index in [0.717, 1.165) is 16.7 Å². The Morgan fingerprint density at radius 3 is 2.20 bits per heavy atom. The highest BCUT2D eigenvalue weighted by molar-refractivity contribution is 6.01. The van der Waals surface area contributed by atoms with E-state index in [-0.39, 0.29) is 16.7 Å². The molecule has 0 radical (unpaired) electrons. The average Bonchev–Trinajstić information content (AvgIpc) is 2.65. The predicted octanol–water partition coefficient (Wildman–Crippen LogP) is 5.56. The fourth-order valence-electron chi connectivity index (χ4n) is 3.83. The Morgan fingerprint density at radius 2 is 1.60 bits per heavy atom. The molecule has 0 saturated carbocycles. The molecule has 0 unspecified atom stereocenters. The van der Waals surface area contributed by atoms with Crippen molar-refractivity contribution in [1.82, 2.24) is 0 Å². The minimum absolute atomic E-state index is 0.0416. The first kappa shape index (κ1) is 20.2. The smallest absolute Gasteiger partial charge is 0.380 e. The molecule has 3 aromatic carbocycles. The topological polar surface area (TPSA) is 52.3 Å². The number of rotatable bonds is 4. The molecular formula is C24H20F3NO2. The second-order valence-electron chi connectivity index (χ2n) is 7.48. The van der Waals surface area contributed by atoms with E-state index < -0.39 is 17.6 Å². The van der Waals surface area contributed by atoms with Crippen LogP contribution in [0.5, 0.6) is 0 Å². The molecule has 6 heteroatoms. The number of hydrogen-bond acceptors (Lipinski definition) is 2. The van der Waals surface area contributed by atoms with Gasteiger partial charge in [0.2, 0.25) is 5.91 Å². The number of ether oxygens (including phenoxy) is 1. The normalized spacial score (nSPS) is 14.4. The molecule has 0 spiro atoms. The summed E-state index contributed by atoms with van der Waals surface area (Å²) in [5, 5.41) is 0. The first-order valence-electron chi connectivity index (χ1n) is 9.55. The zero-order chi connectivity index (χ0) is 21.5. The minimum Gasteiger partial charge on any atom is -0.380 e. The maximum Gasteiger partial charge on any atom is 0.417 e. The lowest BCUT2D eigenvalue weighted by atomic mass is 9.88. The van der Waals surface area contributed by atoms with Gasteiger partial charge in [0.1, 0.15) is 0 Å². The van der Waals surface area contributed by atoms with E-state index in [1.165, 1.54) is 19.1 Å². The number of benzene rings is 3. The molecule has 1 amide bonds. The summed E-state index contributed by atoms with van der Waals surface area (Å²) in [6, 6.07) is 17.3. The zero-order valence-corrected chi connectivity index (χ0v) is 16.3. The van der Waals surface area contributed by atoms with Gasteiger partial charge >= 0.3 is 6.18 Å². The number of carbonyl (C=O) groups is 1. The molecule has 3 aromatic rings. The highest BCUT2D eigenvalue weighted by Gasteiger charge is 2.37. The molecule has 0 bridgehead atoms. The Labute approximate surface area is 172 Å². The maximum absolute atomic E-state index is 13.9. The molecule has 1 aliphatic heterocycles. The number of aryl methyl sites for hydroxylation is 1. The molecule has 1 fully saturated rings. The number of carbonyl (C=O) groups excluding carboxylic acids is 1. The van der Waals surface area contributed by atoms with Crippen molar-refractivity contribution in [2.75, 3.05) is 13.2 Å². The Kier molecular flexibility index (Phi) is 5.12. The Hall–Kier alpha value is -3.12. The third-order valence-corrected chi connectivity index (χ3v) is 5.44. The van der Waals surface area contributed by atoms with Crippen molar-refractivity contribution in [3.63, 3.8) is 0 Å². The van der Waals surface area contributed by atoms with Crippen LogP contribution in [0.1, 0.15) is 33.0 Å². The number of nitrogens with two attached hydrogens (primary N) is 1. The molecule has 0 atom stereocenters. The number of halogens is 3. The quantitative estimate of drug-likeness (QED) is 0.611. The summed E-state index contributed by atoms with van der Waals surface area (Å²) in [5.74, 6) is -0.559. The summed E-state index contributed by atoms with van der Waals surface area (Å²) in [7, 11) is 0. The average molecular weight is 411 g/mol. The first-order chi connectivity index (χ1) is 14.3. The van der Waals surface area contributed by atoms with Crippen molar-refractivity contribution in [2.24, 2.45) is 5.73 Å². The Bertz CT molecular complexity index is 1120. The third-order valence-electron chi connectivity index (χ3n) is 5.44. The molecule has 3 nitrogen and oxygen atoms in total. The fourth-order valence-corrected chi connectivity index (χ4v) is 3.83. The van der Waals surface area contributed by atoms with Crippen LogP contribution in [-0.2, 0) is 10.9 Å². The van der Waals surface area contributed by atoms with Crippen molar-refractivity contribution < 1.29 is 22.7 Å². The molecule has 154 valence electrons. The fraction of sp³-hybridized carbons (Fsp3) is 0.208. The van der Waals surface area contributed by atoms with Crippen LogP contribution >= 0.6 is 0 Å². The van der Waals surface area contributed by atoms with E-state index in [4.69, 9.17) is 10.5 Å². The number of primary amides is 1. The van der Waals surface area contributed by atoms with Gasteiger partial charge in [-0.1, -0.05) is 48.5 Å². The molecule has 1 heterocycles.